The topological polar surface area (TPSA) is 78.9 Å². The third kappa shape index (κ3) is 6.44. The van der Waals surface area contributed by atoms with Gasteiger partial charge < -0.3 is 20.3 Å². The highest BCUT2D eigenvalue weighted by molar-refractivity contribution is 5.80. The predicted octanol–water partition coefficient (Wildman–Crippen LogP) is 3.41. The normalized spacial score (nSPS) is 15.0. The summed E-state index contributed by atoms with van der Waals surface area (Å²) in [6.45, 7) is 6.60. The summed E-state index contributed by atoms with van der Waals surface area (Å²) in [5.41, 5.74) is 3.50. The van der Waals surface area contributed by atoms with Gasteiger partial charge in [0.1, 0.15) is 5.75 Å². The van der Waals surface area contributed by atoms with Crippen LogP contribution in [-0.2, 0) is 11.3 Å². The van der Waals surface area contributed by atoms with Gasteiger partial charge in [0.05, 0.1) is 0 Å². The number of nitrogens with zero attached hydrogens (tertiary/aromatic N) is 3. The first-order valence-corrected chi connectivity index (χ1v) is 10.8. The third-order valence-corrected chi connectivity index (χ3v) is 5.83. The zero-order valence-electron chi connectivity index (χ0n) is 18.9. The van der Waals surface area contributed by atoms with Crippen molar-refractivity contribution in [2.75, 3.05) is 27.2 Å². The van der Waals surface area contributed by atoms with Crippen LogP contribution >= 0.6 is 0 Å². The zero-order chi connectivity index (χ0) is 22.2. The van der Waals surface area contributed by atoms with Crippen LogP contribution in [-0.4, -0.2) is 48.9 Å². The molecule has 2 heterocycles. The molecule has 0 spiro atoms. The smallest absolute Gasteiger partial charge is 0.220 e. The van der Waals surface area contributed by atoms with E-state index in [0.717, 1.165) is 43.2 Å². The van der Waals surface area contributed by atoms with Crippen molar-refractivity contribution in [2.24, 2.45) is 10.9 Å². The molecular weight excluding hydrogens is 390 g/mol. The Bertz CT molecular complexity index is 920. The molecule has 0 aliphatic carbocycles. The van der Waals surface area contributed by atoms with Crippen LogP contribution in [0.2, 0.25) is 0 Å². The van der Waals surface area contributed by atoms with Crippen LogP contribution < -0.4 is 15.4 Å². The summed E-state index contributed by atoms with van der Waals surface area (Å²) in [6, 6.07) is 9.97. The maximum absolute atomic E-state index is 11.6. The van der Waals surface area contributed by atoms with Crippen molar-refractivity contribution in [1.29, 1.82) is 0 Å². The van der Waals surface area contributed by atoms with Gasteiger partial charge in [0.15, 0.2) is 5.96 Å². The Labute approximate surface area is 184 Å². The molecule has 3 rings (SSSR count). The molecule has 1 aliphatic heterocycles. The minimum Gasteiger partial charge on any atom is -0.439 e. The quantitative estimate of drug-likeness (QED) is 0.550. The van der Waals surface area contributed by atoms with E-state index in [4.69, 9.17) is 4.74 Å². The summed E-state index contributed by atoms with van der Waals surface area (Å²) < 4.78 is 5.94. The van der Waals surface area contributed by atoms with E-state index in [2.05, 4.69) is 45.4 Å². The fourth-order valence-electron chi connectivity index (χ4n) is 3.74. The zero-order valence-corrected chi connectivity index (χ0v) is 18.9. The highest BCUT2D eigenvalue weighted by Crippen LogP contribution is 2.23. The van der Waals surface area contributed by atoms with Gasteiger partial charge in [-0.15, -0.1) is 0 Å². The Hall–Kier alpha value is -3.09. The van der Waals surface area contributed by atoms with Gasteiger partial charge in [0.25, 0.3) is 0 Å². The molecule has 1 amide bonds. The summed E-state index contributed by atoms with van der Waals surface area (Å²) in [6.07, 6.45) is 4.37. The van der Waals surface area contributed by atoms with Crippen molar-refractivity contribution in [3.8, 4) is 11.6 Å². The van der Waals surface area contributed by atoms with Crippen LogP contribution in [0, 0.1) is 19.8 Å². The minimum absolute atomic E-state index is 0.123. The average Bonchev–Trinajstić information content (AvgIpc) is 2.78. The number of likely N-dealkylation sites (tertiary alicyclic amines) is 1. The summed E-state index contributed by atoms with van der Waals surface area (Å²) in [5.74, 6) is 2.81. The standard InChI is InChI=1S/C24H33N5O2/c1-17-5-6-21(13-18(17)2)31-23-15-20(7-10-27-23)16-28-24(26-4)29-11-8-19(9-12-29)14-22(30)25-3/h5-7,10,13,15,19H,8-9,11-12,14,16H2,1-4H3,(H,25,30)(H,26,28). The lowest BCUT2D eigenvalue weighted by Crippen LogP contribution is -2.45. The monoisotopic (exact) mass is 423 g/mol. The molecule has 0 unspecified atom stereocenters. The molecule has 31 heavy (non-hydrogen) atoms. The molecule has 1 aliphatic rings. The molecule has 1 aromatic heterocycles. The molecule has 2 N–H and O–H groups in total. The second-order valence-electron chi connectivity index (χ2n) is 8.06. The first kappa shape index (κ1) is 22.6. The number of rotatable bonds is 6. The van der Waals surface area contributed by atoms with Crippen molar-refractivity contribution in [3.05, 3.63) is 53.2 Å². The maximum atomic E-state index is 11.6. The number of carbonyl (C=O) groups excluding carboxylic acids is 1. The molecule has 1 fully saturated rings. The Kier molecular flexibility index (Phi) is 7.87. The first-order valence-electron chi connectivity index (χ1n) is 10.8. The highest BCUT2D eigenvalue weighted by atomic mass is 16.5. The molecule has 1 aromatic carbocycles. The molecule has 2 aromatic rings. The molecule has 0 radical (unpaired) electrons. The Balaban J connectivity index is 1.53. The van der Waals surface area contributed by atoms with E-state index in [1.54, 1.807) is 20.3 Å². The number of aliphatic imine (C=N–C) groups is 1. The van der Waals surface area contributed by atoms with E-state index in [0.29, 0.717) is 24.8 Å². The van der Waals surface area contributed by atoms with E-state index < -0.39 is 0 Å². The third-order valence-electron chi connectivity index (χ3n) is 5.83. The number of nitrogens with one attached hydrogen (secondary N) is 2. The predicted molar refractivity (Wildman–Crippen MR) is 123 cm³/mol. The van der Waals surface area contributed by atoms with Gasteiger partial charge in [0.2, 0.25) is 11.8 Å². The van der Waals surface area contributed by atoms with Crippen LogP contribution in [0.4, 0.5) is 0 Å². The Morgan fingerprint density at radius 1 is 1.19 bits per heavy atom. The number of carbonyl (C=O) groups is 1. The van der Waals surface area contributed by atoms with Crippen LogP contribution in [0.1, 0.15) is 36.0 Å². The van der Waals surface area contributed by atoms with Crippen molar-refractivity contribution < 1.29 is 9.53 Å². The number of aromatic nitrogens is 1. The fraction of sp³-hybridized carbons (Fsp3) is 0.458. The Morgan fingerprint density at radius 3 is 2.65 bits per heavy atom. The number of aryl methyl sites for hydroxylation is 2. The second kappa shape index (κ2) is 10.8. The van der Waals surface area contributed by atoms with Gasteiger partial charge in [-0.05, 0) is 67.5 Å². The second-order valence-corrected chi connectivity index (χ2v) is 8.06. The lowest BCUT2D eigenvalue weighted by atomic mass is 9.93. The summed E-state index contributed by atoms with van der Waals surface area (Å²) in [7, 11) is 3.50. The maximum Gasteiger partial charge on any atom is 0.220 e. The van der Waals surface area contributed by atoms with E-state index >= 15 is 0 Å². The van der Waals surface area contributed by atoms with Gasteiger partial charge in [-0.25, -0.2) is 4.98 Å². The lowest BCUT2D eigenvalue weighted by Gasteiger charge is -2.34. The molecule has 7 nitrogen and oxygen atoms in total. The molecule has 166 valence electrons. The number of pyridine rings is 1. The van der Waals surface area contributed by atoms with E-state index in [9.17, 15) is 4.79 Å². The van der Waals surface area contributed by atoms with Crippen LogP contribution in [0.15, 0.2) is 41.5 Å². The van der Waals surface area contributed by atoms with E-state index in [1.807, 2.05) is 24.3 Å². The van der Waals surface area contributed by atoms with Crippen molar-refractivity contribution in [2.45, 2.75) is 39.7 Å². The molecule has 0 bridgehead atoms. The summed E-state index contributed by atoms with van der Waals surface area (Å²) in [4.78, 5) is 22.6. The van der Waals surface area contributed by atoms with Gasteiger partial charge >= 0.3 is 0 Å². The number of hydrogen-bond donors (Lipinski definition) is 2. The van der Waals surface area contributed by atoms with Gasteiger partial charge in [-0.1, -0.05) is 6.07 Å². The number of hydrogen-bond acceptors (Lipinski definition) is 4. The number of ether oxygens (including phenoxy) is 1. The number of benzene rings is 1. The molecule has 1 saturated heterocycles. The minimum atomic E-state index is 0.123. The van der Waals surface area contributed by atoms with Crippen LogP contribution in [0.5, 0.6) is 11.6 Å². The van der Waals surface area contributed by atoms with Gasteiger partial charge in [-0.3, -0.25) is 9.79 Å². The highest BCUT2D eigenvalue weighted by Gasteiger charge is 2.23. The van der Waals surface area contributed by atoms with Gasteiger partial charge in [-0.2, -0.15) is 0 Å². The lowest BCUT2D eigenvalue weighted by molar-refractivity contribution is -0.121. The SMILES string of the molecule is CN=C(NCc1ccnc(Oc2ccc(C)c(C)c2)c1)N1CCC(CC(=O)NC)CC1. The van der Waals surface area contributed by atoms with E-state index in [1.165, 1.54) is 11.1 Å². The number of guanidine groups is 1. The Morgan fingerprint density at radius 2 is 1.97 bits per heavy atom. The fourth-order valence-corrected chi connectivity index (χ4v) is 3.74. The first-order chi connectivity index (χ1) is 15.0. The summed E-state index contributed by atoms with van der Waals surface area (Å²) >= 11 is 0. The number of amides is 1. The molecule has 0 saturated carbocycles. The van der Waals surface area contributed by atoms with Crippen LogP contribution in [0.25, 0.3) is 0 Å². The van der Waals surface area contributed by atoms with Crippen molar-refractivity contribution in [3.63, 3.8) is 0 Å². The molecule has 7 heteroatoms. The number of piperidine rings is 1. The summed E-state index contributed by atoms with van der Waals surface area (Å²) in [5, 5.41) is 6.16. The largest absolute Gasteiger partial charge is 0.439 e. The van der Waals surface area contributed by atoms with Crippen LogP contribution in [0.3, 0.4) is 0 Å². The van der Waals surface area contributed by atoms with Crippen molar-refractivity contribution >= 4 is 11.9 Å². The average molecular weight is 424 g/mol. The van der Waals surface area contributed by atoms with E-state index in [-0.39, 0.29) is 5.91 Å². The molecular formula is C24H33N5O2. The van der Waals surface area contributed by atoms with Gasteiger partial charge in [0, 0.05) is 52.4 Å². The molecule has 0 atom stereocenters. The van der Waals surface area contributed by atoms with Crippen molar-refractivity contribution in [1.82, 2.24) is 20.5 Å².